The maximum atomic E-state index is 12.7. The molecule has 0 saturated carbocycles. The summed E-state index contributed by atoms with van der Waals surface area (Å²) in [5.74, 6) is -0.0892. The molecule has 0 aromatic carbocycles. The lowest BCUT2D eigenvalue weighted by molar-refractivity contribution is 0.0608. The molecule has 1 aliphatic rings. The number of carbonyl (C=O) groups is 1. The van der Waals surface area contributed by atoms with Crippen molar-refractivity contribution in [2.45, 2.75) is 12.5 Å². The van der Waals surface area contributed by atoms with Gasteiger partial charge in [0.25, 0.3) is 5.91 Å². The van der Waals surface area contributed by atoms with E-state index < -0.39 is 0 Å². The van der Waals surface area contributed by atoms with Gasteiger partial charge in [-0.25, -0.2) is 9.97 Å². The van der Waals surface area contributed by atoms with Crippen molar-refractivity contribution in [1.29, 1.82) is 0 Å². The number of carbonyl (C=O) groups excluding carboxylic acids is 1. The van der Waals surface area contributed by atoms with E-state index in [0.717, 1.165) is 17.9 Å². The first kappa shape index (κ1) is 17.4. The van der Waals surface area contributed by atoms with Crippen molar-refractivity contribution in [1.82, 2.24) is 34.8 Å². The summed E-state index contributed by atoms with van der Waals surface area (Å²) in [5, 5.41) is 8.32. The highest BCUT2D eigenvalue weighted by molar-refractivity contribution is 5.92. The van der Waals surface area contributed by atoms with Gasteiger partial charge in [-0.05, 0) is 20.2 Å². The third-order valence-electron chi connectivity index (χ3n) is 4.20. The SMILES string of the molecule is CN(C)CCOC[C@@H]1CN(C(=O)c2ccncn2)Cc2nnn(C)c21. The van der Waals surface area contributed by atoms with Gasteiger partial charge in [0.05, 0.1) is 25.5 Å². The maximum absolute atomic E-state index is 12.7. The summed E-state index contributed by atoms with van der Waals surface area (Å²) in [4.78, 5) is 24.5. The van der Waals surface area contributed by atoms with Crippen LogP contribution in [0.1, 0.15) is 27.8 Å². The number of fused-ring (bicyclic) bond motifs is 1. The molecule has 1 amide bonds. The van der Waals surface area contributed by atoms with Crippen LogP contribution >= 0.6 is 0 Å². The fourth-order valence-electron chi connectivity index (χ4n) is 2.96. The van der Waals surface area contributed by atoms with E-state index in [1.165, 1.54) is 6.33 Å². The number of rotatable bonds is 6. The monoisotopic (exact) mass is 345 g/mol. The van der Waals surface area contributed by atoms with Crippen LogP contribution in [0.3, 0.4) is 0 Å². The highest BCUT2D eigenvalue weighted by atomic mass is 16.5. The van der Waals surface area contributed by atoms with Crippen LogP contribution in [0.2, 0.25) is 0 Å². The molecule has 0 radical (unpaired) electrons. The van der Waals surface area contributed by atoms with Crippen molar-refractivity contribution >= 4 is 5.91 Å². The van der Waals surface area contributed by atoms with E-state index in [-0.39, 0.29) is 11.8 Å². The summed E-state index contributed by atoms with van der Waals surface area (Å²) in [6.45, 7) is 3.01. The third kappa shape index (κ3) is 3.99. The quantitative estimate of drug-likeness (QED) is 0.677. The standard InChI is InChI=1S/C16H23N7O2/c1-21(2)6-7-25-10-12-8-23(9-14-15(12)22(3)20-19-14)16(24)13-4-5-17-11-18-13/h4-5,11-12H,6-10H2,1-3H3/t12-/m0/s1. The Balaban J connectivity index is 1.73. The number of hydrogen-bond acceptors (Lipinski definition) is 7. The van der Waals surface area contributed by atoms with Crippen molar-refractivity contribution in [3.63, 3.8) is 0 Å². The molecule has 0 aliphatic carbocycles. The van der Waals surface area contributed by atoms with Gasteiger partial charge >= 0.3 is 0 Å². The van der Waals surface area contributed by atoms with E-state index in [1.54, 1.807) is 21.8 Å². The minimum absolute atomic E-state index is 0.0386. The Hall–Kier alpha value is -2.39. The van der Waals surface area contributed by atoms with E-state index in [4.69, 9.17) is 4.74 Å². The summed E-state index contributed by atoms with van der Waals surface area (Å²) in [5.41, 5.74) is 2.24. The van der Waals surface area contributed by atoms with Crippen LogP contribution in [-0.2, 0) is 18.3 Å². The summed E-state index contributed by atoms with van der Waals surface area (Å²) >= 11 is 0. The zero-order valence-electron chi connectivity index (χ0n) is 14.8. The zero-order valence-corrected chi connectivity index (χ0v) is 14.8. The normalized spacial score (nSPS) is 17.0. The number of ether oxygens (including phenoxy) is 1. The van der Waals surface area contributed by atoms with Gasteiger partial charge < -0.3 is 14.5 Å². The molecule has 0 spiro atoms. The minimum atomic E-state index is -0.128. The number of aromatic nitrogens is 5. The Kier molecular flexibility index (Phi) is 5.34. The smallest absolute Gasteiger partial charge is 0.272 e. The lowest BCUT2D eigenvalue weighted by atomic mass is 9.98. The Morgan fingerprint density at radius 1 is 1.44 bits per heavy atom. The molecule has 0 unspecified atom stereocenters. The predicted molar refractivity (Wildman–Crippen MR) is 89.9 cm³/mol. The predicted octanol–water partition coefficient (Wildman–Crippen LogP) is -0.0771. The second-order valence-corrected chi connectivity index (χ2v) is 6.40. The number of amides is 1. The Bertz CT molecular complexity index is 717. The summed E-state index contributed by atoms with van der Waals surface area (Å²) in [6.07, 6.45) is 2.95. The average Bonchev–Trinajstić information content (AvgIpc) is 2.99. The Labute approximate surface area is 146 Å². The average molecular weight is 345 g/mol. The molecule has 3 heterocycles. The first-order valence-corrected chi connectivity index (χ1v) is 8.22. The van der Waals surface area contributed by atoms with Crippen LogP contribution in [0, 0.1) is 0 Å². The zero-order chi connectivity index (χ0) is 17.8. The summed E-state index contributed by atoms with van der Waals surface area (Å²) < 4.78 is 7.60. The molecule has 134 valence electrons. The van der Waals surface area contributed by atoms with Crippen LogP contribution in [0.4, 0.5) is 0 Å². The topological polar surface area (TPSA) is 89.3 Å². The number of likely N-dealkylation sites (N-methyl/N-ethyl adjacent to an activating group) is 1. The summed E-state index contributed by atoms with van der Waals surface area (Å²) in [7, 11) is 5.89. The first-order valence-electron chi connectivity index (χ1n) is 8.22. The van der Waals surface area contributed by atoms with Gasteiger partial charge in [0.15, 0.2) is 0 Å². The van der Waals surface area contributed by atoms with Crippen molar-refractivity contribution in [2.75, 3.05) is 40.4 Å². The van der Waals surface area contributed by atoms with Crippen LogP contribution in [-0.4, -0.2) is 81.1 Å². The van der Waals surface area contributed by atoms with E-state index in [2.05, 4.69) is 25.2 Å². The van der Waals surface area contributed by atoms with Gasteiger partial charge in [0.2, 0.25) is 0 Å². The maximum Gasteiger partial charge on any atom is 0.272 e. The highest BCUT2D eigenvalue weighted by Crippen LogP contribution is 2.27. The molecule has 9 nitrogen and oxygen atoms in total. The van der Waals surface area contributed by atoms with Crippen LogP contribution in [0.15, 0.2) is 18.6 Å². The van der Waals surface area contributed by atoms with E-state index in [9.17, 15) is 4.79 Å². The Morgan fingerprint density at radius 2 is 2.28 bits per heavy atom. The largest absolute Gasteiger partial charge is 0.379 e. The Morgan fingerprint density at radius 3 is 3.00 bits per heavy atom. The van der Waals surface area contributed by atoms with Crippen LogP contribution < -0.4 is 0 Å². The van der Waals surface area contributed by atoms with Gasteiger partial charge in [-0.1, -0.05) is 5.21 Å². The van der Waals surface area contributed by atoms with Crippen molar-refractivity contribution in [3.05, 3.63) is 35.7 Å². The van der Waals surface area contributed by atoms with Crippen molar-refractivity contribution in [3.8, 4) is 0 Å². The van der Waals surface area contributed by atoms with Gasteiger partial charge in [0.1, 0.15) is 17.7 Å². The molecule has 25 heavy (non-hydrogen) atoms. The third-order valence-corrected chi connectivity index (χ3v) is 4.20. The molecule has 2 aromatic rings. The fourth-order valence-corrected chi connectivity index (χ4v) is 2.96. The molecule has 0 saturated heterocycles. The van der Waals surface area contributed by atoms with Gasteiger partial charge in [-0.2, -0.15) is 0 Å². The molecule has 0 fully saturated rings. The van der Waals surface area contributed by atoms with E-state index >= 15 is 0 Å². The van der Waals surface area contributed by atoms with Crippen molar-refractivity contribution < 1.29 is 9.53 Å². The molecular weight excluding hydrogens is 322 g/mol. The number of hydrogen-bond donors (Lipinski definition) is 0. The molecule has 3 rings (SSSR count). The van der Waals surface area contributed by atoms with Crippen LogP contribution in [0.5, 0.6) is 0 Å². The van der Waals surface area contributed by atoms with Gasteiger partial charge in [0, 0.05) is 32.3 Å². The number of aryl methyl sites for hydroxylation is 1. The summed E-state index contributed by atoms with van der Waals surface area (Å²) in [6, 6.07) is 1.62. The molecule has 0 N–H and O–H groups in total. The van der Waals surface area contributed by atoms with Crippen LogP contribution in [0.25, 0.3) is 0 Å². The van der Waals surface area contributed by atoms with E-state index in [1.807, 2.05) is 21.1 Å². The molecule has 9 heteroatoms. The molecule has 1 atom stereocenters. The number of nitrogens with zero attached hydrogens (tertiary/aromatic N) is 7. The highest BCUT2D eigenvalue weighted by Gasteiger charge is 2.33. The molecule has 2 aromatic heterocycles. The van der Waals surface area contributed by atoms with E-state index in [0.29, 0.717) is 32.0 Å². The second kappa shape index (κ2) is 7.66. The first-order chi connectivity index (χ1) is 12.1. The van der Waals surface area contributed by atoms with Gasteiger partial charge in [-0.15, -0.1) is 5.10 Å². The van der Waals surface area contributed by atoms with Crippen molar-refractivity contribution in [2.24, 2.45) is 7.05 Å². The van der Waals surface area contributed by atoms with Gasteiger partial charge in [-0.3, -0.25) is 9.48 Å². The fraction of sp³-hybridized carbons (Fsp3) is 0.562. The lowest BCUT2D eigenvalue weighted by Gasteiger charge is -2.32. The minimum Gasteiger partial charge on any atom is -0.379 e. The molecular formula is C16H23N7O2. The second-order valence-electron chi connectivity index (χ2n) is 6.40. The molecule has 0 bridgehead atoms. The molecule has 1 aliphatic heterocycles. The lowest BCUT2D eigenvalue weighted by Crippen LogP contribution is -2.40.